The minimum atomic E-state index is -0.512. The van der Waals surface area contributed by atoms with E-state index in [0.29, 0.717) is 0 Å². The Morgan fingerprint density at radius 1 is 1.54 bits per heavy atom. The number of hydrogen-bond donors (Lipinski definition) is 2. The van der Waals surface area contributed by atoms with Crippen LogP contribution in [-0.2, 0) is 0 Å². The molecule has 4 heteroatoms. The molecule has 2 rings (SSSR count). The zero-order chi connectivity index (χ0) is 9.26. The molecule has 72 valence electrons. The zero-order valence-electron chi connectivity index (χ0n) is 7.22. The highest BCUT2D eigenvalue weighted by Crippen LogP contribution is 2.26. The van der Waals surface area contributed by atoms with Gasteiger partial charge in [-0.3, -0.25) is 0 Å². The maximum atomic E-state index is 9.61. The molecule has 3 unspecified atom stereocenters. The van der Waals surface area contributed by atoms with E-state index in [-0.39, 0.29) is 12.1 Å². The highest BCUT2D eigenvalue weighted by molar-refractivity contribution is 7.11. The van der Waals surface area contributed by atoms with Crippen LogP contribution >= 0.6 is 11.3 Å². The van der Waals surface area contributed by atoms with E-state index >= 15 is 0 Å². The predicted octanol–water partition coefficient (Wildman–Crippen LogP) is 0.978. The summed E-state index contributed by atoms with van der Waals surface area (Å²) in [5.74, 6) is 0. The molecule has 3 nitrogen and oxygen atoms in total. The van der Waals surface area contributed by atoms with Crippen LogP contribution in [0.2, 0.25) is 0 Å². The molecule has 3 atom stereocenters. The van der Waals surface area contributed by atoms with Gasteiger partial charge in [-0.2, -0.15) is 0 Å². The van der Waals surface area contributed by atoms with Crippen molar-refractivity contribution < 1.29 is 9.84 Å². The Bertz CT molecular complexity index is 263. The van der Waals surface area contributed by atoms with Crippen LogP contribution in [0, 0.1) is 0 Å². The molecule has 13 heavy (non-hydrogen) atoms. The van der Waals surface area contributed by atoms with Crippen molar-refractivity contribution in [1.29, 1.82) is 0 Å². The van der Waals surface area contributed by atoms with E-state index in [4.69, 9.17) is 10.5 Å². The van der Waals surface area contributed by atoms with Gasteiger partial charge in [-0.1, -0.05) is 0 Å². The van der Waals surface area contributed by atoms with Gasteiger partial charge in [0.25, 0.3) is 0 Å². The summed E-state index contributed by atoms with van der Waals surface area (Å²) in [7, 11) is 0. The predicted molar refractivity (Wildman–Crippen MR) is 52.0 cm³/mol. The first kappa shape index (κ1) is 8.99. The van der Waals surface area contributed by atoms with Gasteiger partial charge in [-0.25, -0.2) is 0 Å². The maximum Gasteiger partial charge on any atom is 0.174 e. The third-order valence-electron chi connectivity index (χ3n) is 2.37. The molecule has 0 spiro atoms. The number of thiophene rings is 1. The quantitative estimate of drug-likeness (QED) is 0.746. The Balaban J connectivity index is 1.96. The summed E-state index contributed by atoms with van der Waals surface area (Å²) in [6.45, 7) is 0. The maximum absolute atomic E-state index is 9.61. The number of hydrogen-bond acceptors (Lipinski definition) is 4. The second kappa shape index (κ2) is 3.65. The normalized spacial score (nSPS) is 33.5. The molecular weight excluding hydrogens is 186 g/mol. The molecule has 1 aliphatic rings. The van der Waals surface area contributed by atoms with Crippen LogP contribution in [-0.4, -0.2) is 23.4 Å². The summed E-state index contributed by atoms with van der Waals surface area (Å²) in [4.78, 5) is 0. The van der Waals surface area contributed by atoms with Crippen molar-refractivity contribution >= 4 is 11.3 Å². The van der Waals surface area contributed by atoms with Gasteiger partial charge >= 0.3 is 0 Å². The second-order valence-corrected chi connectivity index (χ2v) is 4.23. The topological polar surface area (TPSA) is 55.5 Å². The van der Waals surface area contributed by atoms with Gasteiger partial charge in [0.15, 0.2) is 5.06 Å². The van der Waals surface area contributed by atoms with Gasteiger partial charge in [0.1, 0.15) is 12.2 Å². The first-order valence-corrected chi connectivity index (χ1v) is 5.29. The van der Waals surface area contributed by atoms with Crippen LogP contribution in [0.1, 0.15) is 12.8 Å². The molecule has 0 radical (unpaired) electrons. The lowest BCUT2D eigenvalue weighted by molar-refractivity contribution is 0.0544. The third kappa shape index (κ3) is 1.85. The van der Waals surface area contributed by atoms with Crippen LogP contribution in [0.4, 0.5) is 0 Å². The van der Waals surface area contributed by atoms with Crippen molar-refractivity contribution in [2.24, 2.45) is 5.73 Å². The summed E-state index contributed by atoms with van der Waals surface area (Å²) in [5.41, 5.74) is 5.67. The fourth-order valence-electron chi connectivity index (χ4n) is 1.58. The Labute approximate surface area is 81.1 Å². The molecule has 1 saturated carbocycles. The molecule has 1 aliphatic carbocycles. The Morgan fingerprint density at radius 2 is 2.38 bits per heavy atom. The number of rotatable bonds is 2. The van der Waals surface area contributed by atoms with Gasteiger partial charge < -0.3 is 15.6 Å². The number of aliphatic hydroxyl groups excluding tert-OH is 1. The van der Waals surface area contributed by atoms with Crippen LogP contribution in [0.3, 0.4) is 0 Å². The molecular formula is C9H13NO2S. The molecule has 0 amide bonds. The van der Waals surface area contributed by atoms with Gasteiger partial charge in [0.05, 0.1) is 0 Å². The molecule has 1 heterocycles. The summed E-state index contributed by atoms with van der Waals surface area (Å²) >= 11 is 1.54. The largest absolute Gasteiger partial charge is 0.478 e. The Hall–Kier alpha value is -0.580. The molecule has 1 aromatic heterocycles. The minimum absolute atomic E-state index is 0.117. The zero-order valence-corrected chi connectivity index (χ0v) is 8.04. The standard InChI is InChI=1S/C9H13NO2S/c10-6-3-4-7(9(6)11)12-8-2-1-5-13-8/h1-2,5-7,9,11H,3-4,10H2. The van der Waals surface area contributed by atoms with Crippen LogP contribution in [0.5, 0.6) is 5.06 Å². The molecule has 1 aromatic rings. The highest BCUT2D eigenvalue weighted by atomic mass is 32.1. The first-order valence-electron chi connectivity index (χ1n) is 4.41. The molecule has 0 aliphatic heterocycles. The monoisotopic (exact) mass is 199 g/mol. The van der Waals surface area contributed by atoms with E-state index in [0.717, 1.165) is 17.9 Å². The lowest BCUT2D eigenvalue weighted by Crippen LogP contribution is -2.37. The van der Waals surface area contributed by atoms with Crippen LogP contribution in [0.25, 0.3) is 0 Å². The van der Waals surface area contributed by atoms with Crippen molar-refractivity contribution in [3.63, 3.8) is 0 Å². The van der Waals surface area contributed by atoms with E-state index < -0.39 is 6.10 Å². The summed E-state index contributed by atoms with van der Waals surface area (Å²) < 4.78 is 5.59. The van der Waals surface area contributed by atoms with Crippen molar-refractivity contribution in [3.05, 3.63) is 17.5 Å². The highest BCUT2D eigenvalue weighted by Gasteiger charge is 2.33. The average molecular weight is 199 g/mol. The third-order valence-corrected chi connectivity index (χ3v) is 3.12. The number of ether oxygens (including phenoxy) is 1. The fourth-order valence-corrected chi connectivity index (χ4v) is 2.21. The average Bonchev–Trinajstić information content (AvgIpc) is 2.71. The number of nitrogens with two attached hydrogens (primary N) is 1. The summed E-state index contributed by atoms with van der Waals surface area (Å²) in [5, 5.41) is 12.4. The summed E-state index contributed by atoms with van der Waals surface area (Å²) in [6.07, 6.45) is 1.06. The lowest BCUT2D eigenvalue weighted by Gasteiger charge is -2.17. The van der Waals surface area contributed by atoms with E-state index in [1.54, 1.807) is 0 Å². The van der Waals surface area contributed by atoms with Gasteiger partial charge in [-0.05, 0) is 30.4 Å². The van der Waals surface area contributed by atoms with E-state index in [1.807, 2.05) is 17.5 Å². The second-order valence-electron chi connectivity index (χ2n) is 3.32. The molecule has 1 fully saturated rings. The van der Waals surface area contributed by atoms with Gasteiger partial charge in [0.2, 0.25) is 0 Å². The molecule has 3 N–H and O–H groups in total. The van der Waals surface area contributed by atoms with Crippen molar-refractivity contribution in [3.8, 4) is 5.06 Å². The summed E-state index contributed by atoms with van der Waals surface area (Å²) in [6, 6.07) is 3.72. The van der Waals surface area contributed by atoms with Crippen LogP contribution < -0.4 is 10.5 Å². The molecule has 0 saturated heterocycles. The van der Waals surface area contributed by atoms with E-state index in [2.05, 4.69) is 0 Å². The van der Waals surface area contributed by atoms with Crippen molar-refractivity contribution in [2.75, 3.05) is 0 Å². The Morgan fingerprint density at radius 3 is 2.92 bits per heavy atom. The van der Waals surface area contributed by atoms with Crippen molar-refractivity contribution in [1.82, 2.24) is 0 Å². The van der Waals surface area contributed by atoms with Crippen LogP contribution in [0.15, 0.2) is 17.5 Å². The first-order chi connectivity index (χ1) is 6.27. The van der Waals surface area contributed by atoms with Gasteiger partial charge in [-0.15, -0.1) is 11.3 Å². The van der Waals surface area contributed by atoms with Gasteiger partial charge in [0, 0.05) is 6.04 Å². The van der Waals surface area contributed by atoms with E-state index in [9.17, 15) is 5.11 Å². The molecule has 0 aromatic carbocycles. The number of aliphatic hydroxyl groups is 1. The Kier molecular flexibility index (Phi) is 2.53. The smallest absolute Gasteiger partial charge is 0.174 e. The lowest BCUT2D eigenvalue weighted by atomic mass is 10.2. The molecule has 0 bridgehead atoms. The minimum Gasteiger partial charge on any atom is -0.478 e. The SMILES string of the molecule is NC1CCC(Oc2cccs2)C1O. The van der Waals surface area contributed by atoms with Crippen molar-refractivity contribution in [2.45, 2.75) is 31.1 Å². The van der Waals surface area contributed by atoms with E-state index in [1.165, 1.54) is 11.3 Å². The fraction of sp³-hybridized carbons (Fsp3) is 0.556.